The van der Waals surface area contributed by atoms with Crippen molar-refractivity contribution in [3.8, 4) is 5.75 Å². The lowest BCUT2D eigenvalue weighted by molar-refractivity contribution is -0.645. The van der Waals surface area contributed by atoms with Gasteiger partial charge in [0.2, 0.25) is 16.9 Å². The summed E-state index contributed by atoms with van der Waals surface area (Å²) in [5, 5.41) is 6.60. The van der Waals surface area contributed by atoms with Crippen molar-refractivity contribution in [2.75, 3.05) is 32.1 Å². The number of pyridine rings is 1. The summed E-state index contributed by atoms with van der Waals surface area (Å²) in [7, 11) is -4.13. The summed E-state index contributed by atoms with van der Waals surface area (Å²) >= 11 is 0. The minimum Gasteiger partial charge on any atom is -0.422 e. The van der Waals surface area contributed by atoms with E-state index >= 15 is 0 Å². The molecular weight excluding hydrogens is 626 g/mol. The Kier molecular flexibility index (Phi) is 11.8. The van der Waals surface area contributed by atoms with Crippen molar-refractivity contribution in [3.63, 3.8) is 0 Å². The van der Waals surface area contributed by atoms with Gasteiger partial charge >= 0.3 is 5.97 Å². The average Bonchev–Trinajstić information content (AvgIpc) is 3.00. The molecule has 4 aromatic rings. The molecular formula is C34H38N3O9S+. The van der Waals surface area contributed by atoms with Crippen molar-refractivity contribution in [1.82, 2.24) is 10.6 Å². The number of hydrogen-bond acceptors (Lipinski definition) is 8. The maximum absolute atomic E-state index is 13.9. The minimum absolute atomic E-state index is 0.170. The molecule has 3 N–H and O–H groups in total. The zero-order chi connectivity index (χ0) is 34.1. The van der Waals surface area contributed by atoms with Crippen LogP contribution in [0.5, 0.6) is 5.75 Å². The van der Waals surface area contributed by atoms with E-state index in [9.17, 15) is 32.1 Å². The molecule has 3 aromatic carbocycles. The molecule has 1 heterocycles. The first kappa shape index (κ1) is 35.1. The van der Waals surface area contributed by atoms with E-state index in [1.807, 2.05) is 28.8 Å². The zero-order valence-electron chi connectivity index (χ0n) is 26.5. The maximum Gasteiger partial charge on any atom is 0.345 e. The third-order valence-corrected chi connectivity index (χ3v) is 8.15. The van der Waals surface area contributed by atoms with Crippen molar-refractivity contribution < 1.29 is 46.2 Å². The molecule has 0 saturated carbocycles. The van der Waals surface area contributed by atoms with Crippen molar-refractivity contribution in [1.29, 1.82) is 0 Å². The highest BCUT2D eigenvalue weighted by atomic mass is 32.2. The number of aromatic nitrogens is 1. The van der Waals surface area contributed by atoms with Crippen molar-refractivity contribution in [2.45, 2.75) is 40.2 Å². The number of carbonyl (C=O) groups excluding carboxylic acids is 4. The first-order valence-electron chi connectivity index (χ1n) is 15.1. The van der Waals surface area contributed by atoms with Gasteiger partial charge in [0.1, 0.15) is 11.5 Å². The molecule has 12 nitrogen and oxygen atoms in total. The summed E-state index contributed by atoms with van der Waals surface area (Å²) in [6.45, 7) is 6.09. The Balaban J connectivity index is 1.47. The van der Waals surface area contributed by atoms with Gasteiger partial charge in [-0.15, -0.1) is 0 Å². The quantitative estimate of drug-likeness (QED) is 0.0329. The molecule has 1 aromatic heterocycles. The highest BCUT2D eigenvalue weighted by Crippen LogP contribution is 2.30. The Labute approximate surface area is 272 Å². The summed E-state index contributed by atoms with van der Waals surface area (Å²) in [5.74, 6) is -1.55. The summed E-state index contributed by atoms with van der Waals surface area (Å²) in [6.07, 6.45) is 0.00637. The van der Waals surface area contributed by atoms with Crippen LogP contribution in [0.2, 0.25) is 0 Å². The highest BCUT2D eigenvalue weighted by molar-refractivity contribution is 7.85. The smallest absolute Gasteiger partial charge is 0.345 e. The SMILES string of the molecule is CC(=O)CC(=O)NCCOCCNC(=O)c1cc(C)c(OC(=O)c2c3ccccc3[n+](CCCS(=O)(=O)O)c3ccccc23)c(C)c1. The number of nitrogens with one attached hydrogen (secondary N) is 2. The van der Waals surface area contributed by atoms with E-state index in [0.717, 1.165) is 0 Å². The van der Waals surface area contributed by atoms with Crippen LogP contribution in [0.3, 0.4) is 0 Å². The molecule has 0 aliphatic heterocycles. The number of ketones is 1. The van der Waals surface area contributed by atoms with Crippen molar-refractivity contribution >= 4 is 55.5 Å². The summed E-state index contributed by atoms with van der Waals surface area (Å²) < 4.78 is 45.3. The monoisotopic (exact) mass is 664 g/mol. The molecule has 0 aliphatic rings. The molecule has 2 amide bonds. The molecule has 0 fully saturated rings. The summed E-state index contributed by atoms with van der Waals surface area (Å²) in [4.78, 5) is 49.1. The zero-order valence-corrected chi connectivity index (χ0v) is 27.3. The number of benzene rings is 3. The Morgan fingerprint density at radius 3 is 1.96 bits per heavy atom. The van der Waals surface area contributed by atoms with Gasteiger partial charge in [-0.1, -0.05) is 24.3 Å². The second-order valence-electron chi connectivity index (χ2n) is 11.1. The van der Waals surface area contributed by atoms with E-state index in [4.69, 9.17) is 9.47 Å². The number of nitrogens with zero attached hydrogens (tertiary/aromatic N) is 1. The number of aryl methyl sites for hydroxylation is 3. The number of hydrogen-bond donors (Lipinski definition) is 3. The number of esters is 1. The molecule has 13 heteroatoms. The van der Waals surface area contributed by atoms with Crippen molar-refractivity contribution in [2.24, 2.45) is 0 Å². The first-order chi connectivity index (χ1) is 22.4. The van der Waals surface area contributed by atoms with Crippen LogP contribution in [-0.4, -0.2) is 68.6 Å². The van der Waals surface area contributed by atoms with Gasteiger partial charge in [0.05, 0.1) is 41.7 Å². The number of fused-ring (bicyclic) bond motifs is 2. The third-order valence-electron chi connectivity index (χ3n) is 7.34. The standard InChI is InChI=1S/C34H37N3O9S/c1-22-19-25(33(40)36-14-17-45-16-13-35-30(39)21-24(3)38)20-23(2)32(22)46-34(41)31-26-9-4-6-11-28(26)37(15-8-18-47(42,43)44)29-12-7-5-10-27(29)31/h4-7,9-12,19-20H,8,13-18,21H2,1-3H3,(H2-,35,36,39,40,42,43,44)/p+1. The predicted octanol–water partition coefficient (Wildman–Crippen LogP) is 3.24. The van der Waals surface area contributed by atoms with Gasteiger partial charge in [0, 0.05) is 37.2 Å². The molecule has 4 rings (SSSR count). The molecule has 0 atom stereocenters. The van der Waals surface area contributed by atoms with E-state index in [-0.39, 0.29) is 56.7 Å². The molecule has 248 valence electrons. The second-order valence-corrected chi connectivity index (χ2v) is 12.7. The lowest BCUT2D eigenvalue weighted by Crippen LogP contribution is -2.37. The molecule has 0 saturated heterocycles. The molecule has 0 unspecified atom stereocenters. The molecule has 47 heavy (non-hydrogen) atoms. The van der Waals surface area contributed by atoms with Gasteiger partial charge in [-0.2, -0.15) is 13.0 Å². The number of rotatable bonds is 15. The van der Waals surface area contributed by atoms with E-state index in [2.05, 4.69) is 10.6 Å². The van der Waals surface area contributed by atoms with E-state index < -0.39 is 21.8 Å². The van der Waals surface area contributed by atoms with Crippen LogP contribution in [0.15, 0.2) is 60.7 Å². The summed E-state index contributed by atoms with van der Waals surface area (Å²) in [5.41, 5.74) is 3.32. The number of Topliss-reactive ketones (excluding diaryl/α,β-unsaturated/α-hetero) is 1. The van der Waals surface area contributed by atoms with Gasteiger partial charge in [-0.25, -0.2) is 4.79 Å². The van der Waals surface area contributed by atoms with E-state index in [1.54, 1.807) is 50.2 Å². The predicted molar refractivity (Wildman–Crippen MR) is 175 cm³/mol. The Bertz CT molecular complexity index is 1860. The van der Waals surface area contributed by atoms with Crippen LogP contribution in [0.4, 0.5) is 0 Å². The van der Waals surface area contributed by atoms with E-state index in [0.29, 0.717) is 56.4 Å². The fraction of sp³-hybridized carbons (Fsp3) is 0.324. The largest absolute Gasteiger partial charge is 0.422 e. The summed E-state index contributed by atoms with van der Waals surface area (Å²) in [6, 6.07) is 17.8. The average molecular weight is 665 g/mol. The lowest BCUT2D eigenvalue weighted by Gasteiger charge is -2.15. The fourth-order valence-electron chi connectivity index (χ4n) is 5.36. The molecule has 0 radical (unpaired) electrons. The van der Waals surface area contributed by atoms with Crippen LogP contribution in [0.25, 0.3) is 21.8 Å². The van der Waals surface area contributed by atoms with Crippen molar-refractivity contribution in [3.05, 3.63) is 82.9 Å². The Morgan fingerprint density at radius 1 is 0.851 bits per heavy atom. The maximum atomic E-state index is 13.9. The molecule has 0 bridgehead atoms. The number of amides is 2. The Hall–Kier alpha value is -4.72. The number of carbonyl (C=O) groups is 4. The highest BCUT2D eigenvalue weighted by Gasteiger charge is 2.26. The molecule has 0 spiro atoms. The number of ether oxygens (including phenoxy) is 2. The van der Waals surface area contributed by atoms with Gasteiger partial charge < -0.3 is 20.1 Å². The van der Waals surface area contributed by atoms with Gasteiger partial charge in [0.15, 0.2) is 6.54 Å². The van der Waals surface area contributed by atoms with Crippen LogP contribution in [0.1, 0.15) is 51.6 Å². The van der Waals surface area contributed by atoms with Gasteiger partial charge in [0.25, 0.3) is 16.0 Å². The van der Waals surface area contributed by atoms with Crippen LogP contribution >= 0.6 is 0 Å². The normalized spacial score (nSPS) is 11.4. The Morgan fingerprint density at radius 2 is 1.40 bits per heavy atom. The number of para-hydroxylation sites is 2. The third kappa shape index (κ3) is 9.41. The first-order valence-corrected chi connectivity index (χ1v) is 16.7. The molecule has 0 aliphatic carbocycles. The minimum atomic E-state index is -4.13. The van der Waals surface area contributed by atoms with Gasteiger partial charge in [-0.05, 0) is 56.2 Å². The lowest BCUT2D eigenvalue weighted by atomic mass is 10.0. The van der Waals surface area contributed by atoms with Crippen LogP contribution < -0.4 is 19.9 Å². The fourth-order valence-corrected chi connectivity index (χ4v) is 5.85. The van der Waals surface area contributed by atoms with Gasteiger partial charge in [-0.3, -0.25) is 18.9 Å². The van der Waals surface area contributed by atoms with Crippen LogP contribution in [0, 0.1) is 13.8 Å². The van der Waals surface area contributed by atoms with E-state index in [1.165, 1.54) is 6.92 Å². The van der Waals surface area contributed by atoms with Crippen LogP contribution in [-0.2, 0) is 31.0 Å². The second kappa shape index (κ2) is 15.7. The topological polar surface area (TPSA) is 169 Å².